The molecule has 1 unspecified atom stereocenters. The van der Waals surface area contributed by atoms with Gasteiger partial charge in [-0.05, 0) is 78.9 Å². The predicted molar refractivity (Wildman–Crippen MR) is 157 cm³/mol. The van der Waals surface area contributed by atoms with Gasteiger partial charge in [0.25, 0.3) is 0 Å². The van der Waals surface area contributed by atoms with Gasteiger partial charge in [-0.15, -0.1) is 0 Å². The Balaban J connectivity index is 1.52. The van der Waals surface area contributed by atoms with Crippen LogP contribution in [0.15, 0.2) is 72.8 Å². The lowest BCUT2D eigenvalue weighted by Crippen LogP contribution is -2.33. The SMILES string of the molecule is CCCCCCOc1ccc(-c2ccc(C(=O)Oc3ccc(C(=O)OC(CCCCCC)C(F)(F)F)cc3)cc2)cc1. The summed E-state index contributed by atoms with van der Waals surface area (Å²) in [6, 6.07) is 20.0. The Morgan fingerprint density at radius 2 is 1.14 bits per heavy atom. The number of unbranched alkanes of at least 4 members (excludes halogenated alkanes) is 6. The smallest absolute Gasteiger partial charge is 0.425 e. The van der Waals surface area contributed by atoms with E-state index in [0.717, 1.165) is 42.6 Å². The minimum absolute atomic E-state index is 0.0603. The van der Waals surface area contributed by atoms with Crippen LogP contribution in [-0.2, 0) is 4.74 Å². The van der Waals surface area contributed by atoms with Crippen molar-refractivity contribution in [3.05, 3.63) is 83.9 Å². The normalized spacial score (nSPS) is 12.0. The molecule has 0 saturated carbocycles. The van der Waals surface area contributed by atoms with Crippen LogP contribution in [0.1, 0.15) is 92.4 Å². The van der Waals surface area contributed by atoms with E-state index in [0.29, 0.717) is 25.0 Å². The quantitative estimate of drug-likeness (QED) is 0.0953. The van der Waals surface area contributed by atoms with Crippen LogP contribution in [0.25, 0.3) is 11.1 Å². The maximum Gasteiger partial charge on any atom is 0.425 e. The van der Waals surface area contributed by atoms with Crippen LogP contribution in [-0.4, -0.2) is 30.8 Å². The van der Waals surface area contributed by atoms with Gasteiger partial charge in [0.1, 0.15) is 11.5 Å². The van der Waals surface area contributed by atoms with Gasteiger partial charge in [0.05, 0.1) is 17.7 Å². The molecule has 0 heterocycles. The van der Waals surface area contributed by atoms with E-state index in [-0.39, 0.29) is 17.7 Å². The summed E-state index contributed by atoms with van der Waals surface area (Å²) in [4.78, 5) is 25.0. The number of hydrogen-bond donors (Lipinski definition) is 0. The second-order valence-electron chi connectivity index (χ2n) is 10.2. The summed E-state index contributed by atoms with van der Waals surface area (Å²) < 4.78 is 56.0. The van der Waals surface area contributed by atoms with Crippen molar-refractivity contribution in [1.82, 2.24) is 0 Å². The molecule has 0 aromatic heterocycles. The maximum atomic E-state index is 13.3. The Bertz CT molecular complexity index is 1240. The highest BCUT2D eigenvalue weighted by Gasteiger charge is 2.42. The largest absolute Gasteiger partial charge is 0.494 e. The van der Waals surface area contributed by atoms with Gasteiger partial charge in [-0.25, -0.2) is 9.59 Å². The van der Waals surface area contributed by atoms with Gasteiger partial charge in [0.2, 0.25) is 0 Å². The molecule has 0 aliphatic carbocycles. The van der Waals surface area contributed by atoms with Crippen molar-refractivity contribution in [2.75, 3.05) is 6.61 Å². The van der Waals surface area contributed by atoms with Crippen LogP contribution in [0, 0.1) is 0 Å². The van der Waals surface area contributed by atoms with E-state index in [1.54, 1.807) is 12.1 Å². The average molecular weight is 585 g/mol. The summed E-state index contributed by atoms with van der Waals surface area (Å²) in [6.07, 6.45) is 0.201. The highest BCUT2D eigenvalue weighted by Crippen LogP contribution is 2.29. The lowest BCUT2D eigenvalue weighted by molar-refractivity contribution is -0.206. The molecule has 0 fully saturated rings. The van der Waals surface area contributed by atoms with Crippen LogP contribution in [0.3, 0.4) is 0 Å². The number of halogens is 3. The van der Waals surface area contributed by atoms with E-state index in [9.17, 15) is 22.8 Å². The number of carbonyl (C=O) groups excluding carboxylic acids is 2. The fourth-order valence-corrected chi connectivity index (χ4v) is 4.33. The lowest BCUT2D eigenvalue weighted by atomic mass is 10.0. The summed E-state index contributed by atoms with van der Waals surface area (Å²) in [5, 5.41) is 0. The van der Waals surface area contributed by atoms with E-state index in [1.165, 1.54) is 37.1 Å². The summed E-state index contributed by atoms with van der Waals surface area (Å²) >= 11 is 0. The van der Waals surface area contributed by atoms with Gasteiger partial charge in [0, 0.05) is 0 Å². The van der Waals surface area contributed by atoms with Crippen LogP contribution in [0.4, 0.5) is 13.2 Å². The van der Waals surface area contributed by atoms with Crippen molar-refractivity contribution in [1.29, 1.82) is 0 Å². The van der Waals surface area contributed by atoms with Gasteiger partial charge in [-0.3, -0.25) is 0 Å². The zero-order chi connectivity index (χ0) is 30.4. The van der Waals surface area contributed by atoms with Gasteiger partial charge in [-0.2, -0.15) is 13.2 Å². The molecule has 0 aliphatic rings. The van der Waals surface area contributed by atoms with Gasteiger partial charge < -0.3 is 14.2 Å². The number of hydrogen-bond acceptors (Lipinski definition) is 5. The molecule has 3 rings (SSSR count). The Kier molecular flexibility index (Phi) is 12.9. The molecule has 1 atom stereocenters. The first-order chi connectivity index (χ1) is 20.2. The lowest BCUT2D eigenvalue weighted by Gasteiger charge is -2.20. The number of rotatable bonds is 16. The predicted octanol–water partition coefficient (Wildman–Crippen LogP) is 9.59. The number of ether oxygens (including phenoxy) is 3. The van der Waals surface area contributed by atoms with Crippen molar-refractivity contribution < 1.29 is 37.0 Å². The van der Waals surface area contributed by atoms with Crippen LogP contribution < -0.4 is 9.47 Å². The van der Waals surface area contributed by atoms with Gasteiger partial charge >= 0.3 is 18.1 Å². The molecule has 0 N–H and O–H groups in total. The third-order valence-electron chi connectivity index (χ3n) is 6.81. The maximum absolute atomic E-state index is 13.3. The molecule has 5 nitrogen and oxygen atoms in total. The molecule has 0 saturated heterocycles. The summed E-state index contributed by atoms with van der Waals surface area (Å²) in [5.74, 6) is -0.712. The van der Waals surface area contributed by atoms with E-state index >= 15 is 0 Å². The van der Waals surface area contributed by atoms with Crippen LogP contribution in [0.5, 0.6) is 11.5 Å². The first-order valence-corrected chi connectivity index (χ1v) is 14.6. The van der Waals surface area contributed by atoms with E-state index in [2.05, 4.69) is 6.92 Å². The molecule has 0 radical (unpaired) electrons. The van der Waals surface area contributed by atoms with E-state index in [4.69, 9.17) is 14.2 Å². The molecule has 3 aromatic carbocycles. The zero-order valence-electron chi connectivity index (χ0n) is 24.3. The molecular weight excluding hydrogens is 545 g/mol. The Labute approximate surface area is 246 Å². The average Bonchev–Trinajstić information content (AvgIpc) is 2.98. The Hall–Kier alpha value is -3.81. The molecule has 0 spiro atoms. The Morgan fingerprint density at radius 3 is 1.71 bits per heavy atom. The number of alkyl halides is 3. The first-order valence-electron chi connectivity index (χ1n) is 14.6. The third-order valence-corrected chi connectivity index (χ3v) is 6.81. The standard InChI is InChI=1S/C34H39F3O5/c1-3-5-7-9-11-31(34(35,36)37)42-33(39)28-18-22-30(23-19-28)41-32(38)27-14-12-25(13-15-27)26-16-20-29(21-17-26)40-24-10-8-6-4-2/h12-23,31H,3-11,24H2,1-2H3. The molecule has 0 bridgehead atoms. The van der Waals surface area contributed by atoms with E-state index in [1.807, 2.05) is 43.3 Å². The monoisotopic (exact) mass is 584 g/mol. The Morgan fingerprint density at radius 1 is 0.643 bits per heavy atom. The minimum atomic E-state index is -4.64. The molecule has 226 valence electrons. The van der Waals surface area contributed by atoms with Crippen molar-refractivity contribution >= 4 is 11.9 Å². The third kappa shape index (κ3) is 10.5. The zero-order valence-corrected chi connectivity index (χ0v) is 24.3. The molecular formula is C34H39F3O5. The second-order valence-corrected chi connectivity index (χ2v) is 10.2. The molecule has 3 aromatic rings. The molecule has 8 heteroatoms. The summed E-state index contributed by atoms with van der Waals surface area (Å²) in [7, 11) is 0. The highest BCUT2D eigenvalue weighted by atomic mass is 19.4. The minimum Gasteiger partial charge on any atom is -0.494 e. The molecule has 0 amide bonds. The highest BCUT2D eigenvalue weighted by molar-refractivity contribution is 5.92. The van der Waals surface area contributed by atoms with Gasteiger partial charge in [-0.1, -0.05) is 76.6 Å². The second kappa shape index (κ2) is 16.6. The van der Waals surface area contributed by atoms with Gasteiger partial charge in [0.15, 0.2) is 6.10 Å². The van der Waals surface area contributed by atoms with Crippen LogP contribution in [0.2, 0.25) is 0 Å². The molecule has 42 heavy (non-hydrogen) atoms. The topological polar surface area (TPSA) is 61.8 Å². The number of esters is 2. The van der Waals surface area contributed by atoms with E-state index < -0.39 is 24.2 Å². The summed E-state index contributed by atoms with van der Waals surface area (Å²) in [5.41, 5.74) is 2.16. The van der Waals surface area contributed by atoms with Crippen molar-refractivity contribution in [2.24, 2.45) is 0 Å². The van der Waals surface area contributed by atoms with Crippen molar-refractivity contribution in [3.8, 4) is 22.6 Å². The van der Waals surface area contributed by atoms with Crippen molar-refractivity contribution in [3.63, 3.8) is 0 Å². The first kappa shape index (κ1) is 32.7. The summed E-state index contributed by atoms with van der Waals surface area (Å²) in [6.45, 7) is 4.83. The molecule has 0 aliphatic heterocycles. The number of carbonyl (C=O) groups is 2. The van der Waals surface area contributed by atoms with Crippen LogP contribution >= 0.6 is 0 Å². The number of benzene rings is 3. The van der Waals surface area contributed by atoms with Crippen molar-refractivity contribution in [2.45, 2.75) is 83.9 Å². The fraction of sp³-hybridized carbons (Fsp3) is 0.412. The fourth-order valence-electron chi connectivity index (χ4n) is 4.33.